The number of aromatic amines is 1. The first-order valence-corrected chi connectivity index (χ1v) is 11.4. The van der Waals surface area contributed by atoms with Crippen LogP contribution in [-0.4, -0.2) is 25.2 Å². The molecule has 2 N–H and O–H groups in total. The van der Waals surface area contributed by atoms with Gasteiger partial charge in [-0.1, -0.05) is 0 Å². The molecule has 0 unspecified atom stereocenters. The maximum atomic E-state index is 12.5. The van der Waals surface area contributed by atoms with E-state index in [0.717, 1.165) is 52.1 Å². The van der Waals surface area contributed by atoms with E-state index in [4.69, 9.17) is 0 Å². The molecule has 5 rings (SSSR count). The zero-order valence-corrected chi connectivity index (χ0v) is 17.1. The van der Waals surface area contributed by atoms with Gasteiger partial charge in [0.25, 0.3) is 5.56 Å². The van der Waals surface area contributed by atoms with Crippen molar-refractivity contribution in [2.24, 2.45) is 0 Å². The van der Waals surface area contributed by atoms with Crippen LogP contribution in [0.5, 0.6) is 0 Å². The molecule has 7 nitrogen and oxygen atoms in total. The predicted octanol–water partition coefficient (Wildman–Crippen LogP) is 3.62. The number of rotatable bonds is 5. The molecule has 0 aliphatic heterocycles. The van der Waals surface area contributed by atoms with E-state index in [1.165, 1.54) is 4.88 Å². The molecule has 142 valence electrons. The topological polar surface area (TPSA) is 101 Å². The van der Waals surface area contributed by atoms with Crippen molar-refractivity contribution in [2.75, 3.05) is 5.32 Å². The second kappa shape index (κ2) is 7.19. The van der Waals surface area contributed by atoms with Crippen LogP contribution in [0.25, 0.3) is 21.6 Å². The smallest absolute Gasteiger partial charge is 0.259 e. The number of thiophene rings is 2. The largest absolute Gasteiger partial charge is 0.310 e. The number of aromatic nitrogens is 4. The van der Waals surface area contributed by atoms with Gasteiger partial charge >= 0.3 is 0 Å². The predicted molar refractivity (Wildman–Crippen MR) is 112 cm³/mol. The van der Waals surface area contributed by atoms with E-state index in [1.54, 1.807) is 22.7 Å². The number of carbonyl (C=O) groups is 1. The second-order valence-corrected chi connectivity index (χ2v) is 9.15. The second-order valence-electron chi connectivity index (χ2n) is 6.53. The summed E-state index contributed by atoms with van der Waals surface area (Å²) in [5, 5.41) is 7.90. The van der Waals surface area contributed by atoms with Gasteiger partial charge in [0, 0.05) is 40.2 Å². The molecule has 0 aromatic carbocycles. The number of anilines is 1. The van der Waals surface area contributed by atoms with E-state index >= 15 is 0 Å². The van der Waals surface area contributed by atoms with Crippen molar-refractivity contribution in [3.63, 3.8) is 0 Å². The van der Waals surface area contributed by atoms with Gasteiger partial charge in [-0.05, 0) is 36.3 Å². The highest BCUT2D eigenvalue weighted by atomic mass is 32.1. The Kier molecular flexibility index (Phi) is 4.53. The lowest BCUT2D eigenvalue weighted by Gasteiger charge is -2.02. The number of nitrogens with zero attached hydrogens (tertiary/aromatic N) is 3. The Labute approximate surface area is 171 Å². The standard InChI is InChI=1S/C18H15N5O2S3/c24-13(21-18-22-15(23-28-18)9-6-7-26-8-9)5-4-12-19-16(25)14-10-2-1-3-11(10)27-17(14)20-12/h6-8H,1-5H2,(H,19,20,25)(H,21,22,23,24). The molecule has 0 bridgehead atoms. The number of H-pyrrole nitrogens is 1. The van der Waals surface area contributed by atoms with Crippen LogP contribution in [0.4, 0.5) is 5.13 Å². The minimum atomic E-state index is -0.176. The molecule has 0 saturated heterocycles. The number of amides is 1. The molecule has 4 heterocycles. The highest BCUT2D eigenvalue weighted by molar-refractivity contribution is 7.18. The third kappa shape index (κ3) is 3.27. The zero-order valence-electron chi connectivity index (χ0n) is 14.7. The fourth-order valence-electron chi connectivity index (χ4n) is 3.36. The van der Waals surface area contributed by atoms with Crippen molar-refractivity contribution in [3.05, 3.63) is 43.4 Å². The van der Waals surface area contributed by atoms with Crippen LogP contribution in [0.1, 0.15) is 29.1 Å². The molecule has 0 spiro atoms. The SMILES string of the molecule is O=C(CCc1nc2sc3c(c2c(=O)[nH]1)CCC3)Nc1nc(-c2ccsc2)ns1. The Hall–Kier alpha value is -2.43. The van der Waals surface area contributed by atoms with E-state index in [0.29, 0.717) is 23.2 Å². The van der Waals surface area contributed by atoms with Crippen molar-refractivity contribution in [1.29, 1.82) is 0 Å². The Balaban J connectivity index is 1.26. The van der Waals surface area contributed by atoms with Crippen LogP contribution in [0.2, 0.25) is 0 Å². The number of fused-ring (bicyclic) bond motifs is 3. The molecular weight excluding hydrogens is 414 g/mol. The number of hydrogen-bond donors (Lipinski definition) is 2. The van der Waals surface area contributed by atoms with E-state index < -0.39 is 0 Å². The average Bonchev–Trinajstić information content (AvgIpc) is 3.42. The van der Waals surface area contributed by atoms with Gasteiger partial charge in [-0.25, -0.2) is 4.98 Å². The average molecular weight is 430 g/mol. The fraction of sp³-hybridized carbons (Fsp3) is 0.278. The van der Waals surface area contributed by atoms with Crippen LogP contribution in [0.15, 0.2) is 21.6 Å². The van der Waals surface area contributed by atoms with E-state index in [9.17, 15) is 9.59 Å². The van der Waals surface area contributed by atoms with Crippen molar-refractivity contribution in [1.82, 2.24) is 19.3 Å². The van der Waals surface area contributed by atoms with Gasteiger partial charge in [0.2, 0.25) is 11.0 Å². The normalized spacial score (nSPS) is 13.1. The number of aryl methyl sites for hydroxylation is 3. The maximum absolute atomic E-state index is 12.5. The highest BCUT2D eigenvalue weighted by Crippen LogP contribution is 2.34. The van der Waals surface area contributed by atoms with E-state index in [-0.39, 0.29) is 17.9 Å². The van der Waals surface area contributed by atoms with Crippen molar-refractivity contribution < 1.29 is 4.79 Å². The Bertz CT molecular complexity index is 1220. The van der Waals surface area contributed by atoms with Crippen LogP contribution in [0, 0.1) is 0 Å². The summed E-state index contributed by atoms with van der Waals surface area (Å²) >= 11 is 4.34. The van der Waals surface area contributed by atoms with Gasteiger partial charge in [0.05, 0.1) is 5.39 Å². The maximum Gasteiger partial charge on any atom is 0.259 e. The first-order chi connectivity index (χ1) is 13.7. The van der Waals surface area contributed by atoms with Crippen molar-refractivity contribution in [3.8, 4) is 11.4 Å². The molecule has 28 heavy (non-hydrogen) atoms. The summed E-state index contributed by atoms with van der Waals surface area (Å²) in [6.07, 6.45) is 3.68. The molecule has 1 aliphatic rings. The Morgan fingerprint density at radius 1 is 1.29 bits per heavy atom. The van der Waals surface area contributed by atoms with Gasteiger partial charge in [0.1, 0.15) is 10.7 Å². The van der Waals surface area contributed by atoms with Crippen LogP contribution >= 0.6 is 34.2 Å². The molecule has 0 radical (unpaired) electrons. The van der Waals surface area contributed by atoms with Crippen molar-refractivity contribution in [2.45, 2.75) is 32.1 Å². The summed E-state index contributed by atoms with van der Waals surface area (Å²) in [7, 11) is 0. The number of hydrogen-bond acceptors (Lipinski definition) is 8. The van der Waals surface area contributed by atoms with Gasteiger partial charge in [-0.2, -0.15) is 20.7 Å². The minimum absolute atomic E-state index is 0.0932. The lowest BCUT2D eigenvalue weighted by atomic mass is 10.2. The lowest BCUT2D eigenvalue weighted by molar-refractivity contribution is -0.116. The zero-order chi connectivity index (χ0) is 19.1. The van der Waals surface area contributed by atoms with E-state index in [2.05, 4.69) is 24.6 Å². The molecule has 4 aromatic rings. The molecule has 1 aliphatic carbocycles. The first-order valence-electron chi connectivity index (χ1n) is 8.87. The molecule has 0 fully saturated rings. The van der Waals surface area contributed by atoms with Crippen LogP contribution in [0.3, 0.4) is 0 Å². The van der Waals surface area contributed by atoms with Gasteiger partial charge in [-0.15, -0.1) is 11.3 Å². The van der Waals surface area contributed by atoms with Gasteiger partial charge in [-0.3, -0.25) is 9.59 Å². The fourth-order valence-corrected chi connectivity index (χ4v) is 5.88. The highest BCUT2D eigenvalue weighted by Gasteiger charge is 2.21. The van der Waals surface area contributed by atoms with Gasteiger partial charge < -0.3 is 10.3 Å². The Morgan fingerprint density at radius 3 is 3.07 bits per heavy atom. The Morgan fingerprint density at radius 2 is 2.21 bits per heavy atom. The minimum Gasteiger partial charge on any atom is -0.310 e. The van der Waals surface area contributed by atoms with Crippen molar-refractivity contribution >= 4 is 55.5 Å². The third-order valence-electron chi connectivity index (χ3n) is 4.66. The summed E-state index contributed by atoms with van der Waals surface area (Å²) in [5.74, 6) is 0.983. The molecule has 4 aromatic heterocycles. The summed E-state index contributed by atoms with van der Waals surface area (Å²) < 4.78 is 4.26. The quantitative estimate of drug-likeness (QED) is 0.505. The number of nitrogens with one attached hydrogen (secondary N) is 2. The van der Waals surface area contributed by atoms with E-state index in [1.807, 2.05) is 16.8 Å². The third-order valence-corrected chi connectivity index (χ3v) is 7.16. The molecule has 1 amide bonds. The monoisotopic (exact) mass is 429 g/mol. The number of carbonyl (C=O) groups excluding carboxylic acids is 1. The molecule has 0 saturated carbocycles. The summed E-state index contributed by atoms with van der Waals surface area (Å²) in [5.41, 5.74) is 2.01. The molecule has 10 heteroatoms. The first kappa shape index (κ1) is 17.7. The summed E-state index contributed by atoms with van der Waals surface area (Å²) in [6, 6.07) is 1.94. The lowest BCUT2D eigenvalue weighted by Crippen LogP contribution is -2.16. The van der Waals surface area contributed by atoms with Crippen LogP contribution in [-0.2, 0) is 24.1 Å². The molecular formula is C18H15N5O2S3. The summed E-state index contributed by atoms with van der Waals surface area (Å²) in [6.45, 7) is 0. The summed E-state index contributed by atoms with van der Waals surface area (Å²) in [4.78, 5) is 38.5. The van der Waals surface area contributed by atoms with Crippen LogP contribution < -0.4 is 10.9 Å². The van der Waals surface area contributed by atoms with Gasteiger partial charge in [0.15, 0.2) is 5.82 Å². The molecule has 0 atom stereocenters.